The molecule has 0 aliphatic carbocycles. The van der Waals surface area contributed by atoms with Crippen LogP contribution in [0, 0.1) is 0 Å². The molecule has 1 N–H and O–H groups in total. The molecule has 6 heteroatoms. The van der Waals surface area contributed by atoms with Gasteiger partial charge >= 0.3 is 0 Å². The summed E-state index contributed by atoms with van der Waals surface area (Å²) in [4.78, 5) is 13.9. The zero-order chi connectivity index (χ0) is 13.3. The van der Waals surface area contributed by atoms with Crippen LogP contribution in [0.15, 0.2) is 28.9 Å². The molecule has 1 aliphatic rings. The highest BCUT2D eigenvalue weighted by Gasteiger charge is 2.09. The predicted octanol–water partition coefficient (Wildman–Crippen LogP) is -1.86. The van der Waals surface area contributed by atoms with Crippen LogP contribution in [0.25, 0.3) is 6.08 Å². The Bertz CT molecular complexity index is 401. The fourth-order valence-corrected chi connectivity index (χ4v) is 1.94. The summed E-state index contributed by atoms with van der Waals surface area (Å²) in [5, 5.41) is 2.86. The average molecular weight is 300 g/mol. The van der Waals surface area contributed by atoms with Gasteiger partial charge in [-0.2, -0.15) is 0 Å². The maximum absolute atomic E-state index is 11.5. The van der Waals surface area contributed by atoms with Gasteiger partial charge in [0.25, 0.3) is 0 Å². The van der Waals surface area contributed by atoms with Crippen molar-refractivity contribution in [1.82, 2.24) is 10.2 Å². The molecule has 0 bridgehead atoms. The highest BCUT2D eigenvalue weighted by atomic mass is 35.5. The van der Waals surface area contributed by atoms with Crippen LogP contribution in [0.5, 0.6) is 0 Å². The monoisotopic (exact) mass is 299 g/mol. The van der Waals surface area contributed by atoms with Gasteiger partial charge in [0.05, 0.1) is 19.5 Å². The molecule has 0 aromatic carbocycles. The summed E-state index contributed by atoms with van der Waals surface area (Å²) < 4.78 is 10.4. The number of hydrogen-bond donors (Lipinski definition) is 1. The summed E-state index contributed by atoms with van der Waals surface area (Å²) in [7, 11) is 0. The maximum atomic E-state index is 11.5. The van der Waals surface area contributed by atoms with Crippen molar-refractivity contribution in [2.24, 2.45) is 0 Å². The summed E-state index contributed by atoms with van der Waals surface area (Å²) in [6.45, 7) is 5.32. The van der Waals surface area contributed by atoms with Gasteiger partial charge in [0.1, 0.15) is 5.76 Å². The number of amides is 1. The SMILES string of the molecule is O=C(/C=C/c1ccco1)NCCCN1CCOCC1.[Cl-]. The van der Waals surface area contributed by atoms with E-state index in [1.165, 1.54) is 6.08 Å². The van der Waals surface area contributed by atoms with Gasteiger partial charge in [-0.25, -0.2) is 0 Å². The summed E-state index contributed by atoms with van der Waals surface area (Å²) in [6, 6.07) is 3.60. The average Bonchev–Trinajstić information content (AvgIpc) is 2.96. The van der Waals surface area contributed by atoms with Crippen molar-refractivity contribution >= 4 is 12.0 Å². The van der Waals surface area contributed by atoms with Crippen molar-refractivity contribution in [3.05, 3.63) is 30.2 Å². The quantitative estimate of drug-likeness (QED) is 0.494. The number of halogens is 1. The third kappa shape index (κ3) is 6.23. The van der Waals surface area contributed by atoms with E-state index in [0.29, 0.717) is 12.3 Å². The van der Waals surface area contributed by atoms with E-state index in [2.05, 4.69) is 10.2 Å². The van der Waals surface area contributed by atoms with E-state index in [0.717, 1.165) is 39.3 Å². The van der Waals surface area contributed by atoms with E-state index >= 15 is 0 Å². The number of furan rings is 1. The van der Waals surface area contributed by atoms with Crippen molar-refractivity contribution in [3.63, 3.8) is 0 Å². The molecule has 1 aromatic heterocycles. The maximum Gasteiger partial charge on any atom is 0.244 e. The lowest BCUT2D eigenvalue weighted by molar-refractivity contribution is -0.116. The molecule has 0 unspecified atom stereocenters. The van der Waals surface area contributed by atoms with Gasteiger partial charge in [-0.05, 0) is 31.2 Å². The van der Waals surface area contributed by atoms with Crippen LogP contribution in [0.3, 0.4) is 0 Å². The second kappa shape index (κ2) is 9.58. The number of ether oxygens (including phenoxy) is 1. The lowest BCUT2D eigenvalue weighted by Crippen LogP contribution is -3.00. The molecule has 0 atom stereocenters. The van der Waals surface area contributed by atoms with Crippen LogP contribution in [0.4, 0.5) is 0 Å². The summed E-state index contributed by atoms with van der Waals surface area (Å²) in [5.41, 5.74) is 0. The zero-order valence-electron chi connectivity index (χ0n) is 11.4. The van der Waals surface area contributed by atoms with Crippen LogP contribution in [-0.2, 0) is 9.53 Å². The van der Waals surface area contributed by atoms with Crippen LogP contribution in [-0.4, -0.2) is 50.2 Å². The molecule has 0 spiro atoms. The molecule has 1 fully saturated rings. The summed E-state index contributed by atoms with van der Waals surface area (Å²) >= 11 is 0. The van der Waals surface area contributed by atoms with E-state index in [1.807, 2.05) is 6.07 Å². The molecule has 0 saturated carbocycles. The molecule has 112 valence electrons. The van der Waals surface area contributed by atoms with E-state index in [-0.39, 0.29) is 18.3 Å². The van der Waals surface area contributed by atoms with Gasteiger partial charge in [0.2, 0.25) is 5.91 Å². The van der Waals surface area contributed by atoms with Crippen molar-refractivity contribution < 1.29 is 26.4 Å². The second-order valence-electron chi connectivity index (χ2n) is 4.45. The molecule has 2 heterocycles. The number of rotatable bonds is 6. The number of nitrogens with zero attached hydrogens (tertiary/aromatic N) is 1. The van der Waals surface area contributed by atoms with Crippen LogP contribution >= 0.6 is 0 Å². The predicted molar refractivity (Wildman–Crippen MR) is 72.6 cm³/mol. The Morgan fingerprint density at radius 1 is 1.40 bits per heavy atom. The molecule has 20 heavy (non-hydrogen) atoms. The van der Waals surface area contributed by atoms with Crippen molar-refractivity contribution in [1.29, 1.82) is 0 Å². The Labute approximate surface area is 125 Å². The van der Waals surface area contributed by atoms with Crippen LogP contribution in [0.2, 0.25) is 0 Å². The van der Waals surface area contributed by atoms with Crippen molar-refractivity contribution in [2.45, 2.75) is 6.42 Å². The number of hydrogen-bond acceptors (Lipinski definition) is 4. The summed E-state index contributed by atoms with van der Waals surface area (Å²) in [5.74, 6) is 0.599. The third-order valence-electron chi connectivity index (χ3n) is 3.00. The van der Waals surface area contributed by atoms with Crippen LogP contribution in [0.1, 0.15) is 12.2 Å². The minimum absolute atomic E-state index is 0. The fraction of sp³-hybridized carbons (Fsp3) is 0.500. The Morgan fingerprint density at radius 2 is 2.20 bits per heavy atom. The standard InChI is InChI=1S/C14H20N2O3.ClH/c17-14(5-4-13-3-1-10-19-13)15-6-2-7-16-8-11-18-12-9-16;/h1,3-5,10H,2,6-9,11-12H2,(H,15,17);1H/p-1/b5-4+;. The lowest BCUT2D eigenvalue weighted by Gasteiger charge is -2.26. The number of nitrogens with one attached hydrogen (secondary N) is 1. The van der Waals surface area contributed by atoms with Crippen molar-refractivity contribution in [2.75, 3.05) is 39.4 Å². The molecule has 1 saturated heterocycles. The molecule has 0 radical (unpaired) electrons. The van der Waals surface area contributed by atoms with E-state index in [9.17, 15) is 4.79 Å². The molecular weight excluding hydrogens is 280 g/mol. The first-order valence-corrected chi connectivity index (χ1v) is 6.64. The summed E-state index contributed by atoms with van der Waals surface area (Å²) in [6.07, 6.45) is 5.70. The smallest absolute Gasteiger partial charge is 0.244 e. The molecule has 1 aromatic rings. The van der Waals surface area contributed by atoms with Gasteiger partial charge in [-0.3, -0.25) is 9.69 Å². The van der Waals surface area contributed by atoms with Gasteiger partial charge in [0.15, 0.2) is 0 Å². The normalized spacial score (nSPS) is 16.0. The lowest BCUT2D eigenvalue weighted by atomic mass is 10.3. The highest BCUT2D eigenvalue weighted by Crippen LogP contribution is 2.01. The van der Waals surface area contributed by atoms with E-state index in [4.69, 9.17) is 9.15 Å². The minimum atomic E-state index is -0.0848. The first kappa shape index (κ1) is 16.8. The zero-order valence-corrected chi connectivity index (χ0v) is 12.1. The fourth-order valence-electron chi connectivity index (χ4n) is 1.94. The third-order valence-corrected chi connectivity index (χ3v) is 3.00. The Hall–Kier alpha value is -1.30. The second-order valence-corrected chi connectivity index (χ2v) is 4.45. The molecule has 1 amide bonds. The number of morpholine rings is 1. The van der Waals surface area contributed by atoms with Gasteiger partial charge < -0.3 is 26.9 Å². The molecular formula is C14H20ClN2O3-. The van der Waals surface area contributed by atoms with Gasteiger partial charge in [0, 0.05) is 25.7 Å². The molecule has 5 nitrogen and oxygen atoms in total. The van der Waals surface area contributed by atoms with E-state index in [1.54, 1.807) is 18.4 Å². The van der Waals surface area contributed by atoms with Crippen molar-refractivity contribution in [3.8, 4) is 0 Å². The topological polar surface area (TPSA) is 54.7 Å². The largest absolute Gasteiger partial charge is 1.00 e. The molecule has 1 aliphatic heterocycles. The van der Waals surface area contributed by atoms with Crippen LogP contribution < -0.4 is 17.7 Å². The molecule has 2 rings (SSSR count). The minimum Gasteiger partial charge on any atom is -1.00 e. The first-order valence-electron chi connectivity index (χ1n) is 6.64. The number of carbonyl (C=O) groups excluding carboxylic acids is 1. The van der Waals surface area contributed by atoms with Gasteiger partial charge in [-0.15, -0.1) is 0 Å². The number of carbonyl (C=O) groups is 1. The first-order chi connectivity index (χ1) is 9.34. The van der Waals surface area contributed by atoms with E-state index < -0.39 is 0 Å². The Kier molecular flexibility index (Phi) is 8.02. The Balaban J connectivity index is 0.00000200. The Morgan fingerprint density at radius 3 is 2.90 bits per heavy atom. The highest BCUT2D eigenvalue weighted by molar-refractivity contribution is 5.91. The van der Waals surface area contributed by atoms with Gasteiger partial charge in [-0.1, -0.05) is 0 Å².